The van der Waals surface area contributed by atoms with Crippen LogP contribution < -0.4 is 5.32 Å². The average Bonchev–Trinajstić information content (AvgIpc) is 3.20. The van der Waals surface area contributed by atoms with Gasteiger partial charge in [-0.25, -0.2) is 8.42 Å². The van der Waals surface area contributed by atoms with Crippen LogP contribution in [0.3, 0.4) is 0 Å². The molecule has 1 aromatic heterocycles. The zero-order valence-corrected chi connectivity index (χ0v) is 15.9. The normalized spacial score (nSPS) is 15.8. The van der Waals surface area contributed by atoms with E-state index in [0.29, 0.717) is 36.9 Å². The van der Waals surface area contributed by atoms with E-state index >= 15 is 0 Å². The summed E-state index contributed by atoms with van der Waals surface area (Å²) in [6.07, 6.45) is 3.22. The zero-order chi connectivity index (χ0) is 19.3. The Kier molecular flexibility index (Phi) is 6.25. The van der Waals surface area contributed by atoms with Gasteiger partial charge in [-0.05, 0) is 37.0 Å². The first kappa shape index (κ1) is 19.5. The SMILES string of the molecule is CN(Cc1ccon1)S(=O)(=O)c1cccc(C(=O)NCC2CCOCC2)c1. The Balaban J connectivity index is 1.67. The topological polar surface area (TPSA) is 102 Å². The second kappa shape index (κ2) is 8.64. The van der Waals surface area contributed by atoms with Crippen molar-refractivity contribution in [3.63, 3.8) is 0 Å². The molecule has 0 aliphatic carbocycles. The first-order valence-corrected chi connectivity index (χ1v) is 10.2. The number of hydrogen-bond donors (Lipinski definition) is 1. The molecule has 0 bridgehead atoms. The molecule has 1 saturated heterocycles. The third kappa shape index (κ3) is 4.94. The van der Waals surface area contributed by atoms with E-state index in [9.17, 15) is 13.2 Å². The molecule has 0 spiro atoms. The van der Waals surface area contributed by atoms with E-state index in [0.717, 1.165) is 12.8 Å². The minimum atomic E-state index is -3.75. The lowest BCUT2D eigenvalue weighted by molar-refractivity contribution is 0.0642. The van der Waals surface area contributed by atoms with Gasteiger partial charge in [0.15, 0.2) is 0 Å². The molecule has 27 heavy (non-hydrogen) atoms. The molecule has 2 heterocycles. The number of carbonyl (C=O) groups is 1. The molecule has 0 saturated carbocycles. The molecule has 8 nitrogen and oxygen atoms in total. The number of nitrogens with zero attached hydrogens (tertiary/aromatic N) is 2. The molecule has 3 rings (SSSR count). The minimum absolute atomic E-state index is 0.0622. The summed E-state index contributed by atoms with van der Waals surface area (Å²) in [5, 5.41) is 6.61. The van der Waals surface area contributed by atoms with E-state index in [1.54, 1.807) is 18.2 Å². The number of nitrogens with one attached hydrogen (secondary N) is 1. The van der Waals surface area contributed by atoms with Crippen LogP contribution in [0.4, 0.5) is 0 Å². The molecule has 146 valence electrons. The quantitative estimate of drug-likeness (QED) is 0.767. The highest BCUT2D eigenvalue weighted by molar-refractivity contribution is 7.89. The van der Waals surface area contributed by atoms with Gasteiger partial charge in [-0.3, -0.25) is 4.79 Å². The number of sulfonamides is 1. The maximum absolute atomic E-state index is 12.8. The van der Waals surface area contributed by atoms with Crippen molar-refractivity contribution in [2.24, 2.45) is 5.92 Å². The van der Waals surface area contributed by atoms with Crippen LogP contribution in [0.5, 0.6) is 0 Å². The largest absolute Gasteiger partial charge is 0.381 e. The van der Waals surface area contributed by atoms with Crippen molar-refractivity contribution in [1.29, 1.82) is 0 Å². The van der Waals surface area contributed by atoms with Crippen LogP contribution in [-0.2, 0) is 21.3 Å². The van der Waals surface area contributed by atoms with Crippen molar-refractivity contribution < 1.29 is 22.5 Å². The highest BCUT2D eigenvalue weighted by Gasteiger charge is 2.23. The molecule has 1 fully saturated rings. The minimum Gasteiger partial charge on any atom is -0.381 e. The fourth-order valence-electron chi connectivity index (χ4n) is 2.90. The van der Waals surface area contributed by atoms with Crippen molar-refractivity contribution in [2.75, 3.05) is 26.8 Å². The van der Waals surface area contributed by atoms with E-state index in [1.807, 2.05) is 0 Å². The number of rotatable bonds is 7. The van der Waals surface area contributed by atoms with Crippen LogP contribution in [0.25, 0.3) is 0 Å². The number of ether oxygens (including phenoxy) is 1. The fraction of sp³-hybridized carbons (Fsp3) is 0.444. The standard InChI is InChI=1S/C18H23N3O5S/c1-21(13-16-7-10-26-20-16)27(23,24)17-4-2-3-15(11-17)18(22)19-12-14-5-8-25-9-6-14/h2-4,7,10-11,14H,5-6,8-9,12-13H2,1H3,(H,19,22). The number of hydrogen-bond acceptors (Lipinski definition) is 6. The molecule has 1 amide bonds. The maximum atomic E-state index is 12.8. The molecule has 1 N–H and O–H groups in total. The Morgan fingerprint density at radius 3 is 2.78 bits per heavy atom. The number of benzene rings is 1. The monoisotopic (exact) mass is 393 g/mol. The summed E-state index contributed by atoms with van der Waals surface area (Å²) in [6, 6.07) is 7.65. The molecule has 0 radical (unpaired) electrons. The van der Waals surface area contributed by atoms with Gasteiger partial charge in [-0.15, -0.1) is 0 Å². The first-order valence-electron chi connectivity index (χ1n) is 8.78. The van der Waals surface area contributed by atoms with Crippen molar-refractivity contribution >= 4 is 15.9 Å². The number of amides is 1. The molecule has 1 aliphatic heterocycles. The van der Waals surface area contributed by atoms with E-state index in [-0.39, 0.29) is 17.3 Å². The highest BCUT2D eigenvalue weighted by atomic mass is 32.2. The van der Waals surface area contributed by atoms with Crippen LogP contribution >= 0.6 is 0 Å². The molecular formula is C18H23N3O5S. The van der Waals surface area contributed by atoms with E-state index in [1.165, 1.54) is 29.7 Å². The molecule has 9 heteroatoms. The van der Waals surface area contributed by atoms with Gasteiger partial charge in [-0.1, -0.05) is 11.2 Å². The lowest BCUT2D eigenvalue weighted by Crippen LogP contribution is -2.32. The van der Waals surface area contributed by atoms with Crippen LogP contribution in [0, 0.1) is 5.92 Å². The third-order valence-electron chi connectivity index (χ3n) is 4.57. The van der Waals surface area contributed by atoms with Gasteiger partial charge in [0.25, 0.3) is 5.91 Å². The Morgan fingerprint density at radius 1 is 1.30 bits per heavy atom. The third-order valence-corrected chi connectivity index (χ3v) is 6.37. The summed E-state index contributed by atoms with van der Waals surface area (Å²) in [5.74, 6) is 0.112. The molecule has 1 aliphatic rings. The lowest BCUT2D eigenvalue weighted by atomic mass is 10.0. The van der Waals surface area contributed by atoms with Crippen molar-refractivity contribution in [2.45, 2.75) is 24.3 Å². The Labute approximate surface area is 158 Å². The Hall–Kier alpha value is -2.23. The summed E-state index contributed by atoms with van der Waals surface area (Å²) >= 11 is 0. The summed E-state index contributed by atoms with van der Waals surface area (Å²) in [5.41, 5.74) is 0.824. The van der Waals surface area contributed by atoms with E-state index in [4.69, 9.17) is 9.26 Å². The maximum Gasteiger partial charge on any atom is 0.251 e. The summed E-state index contributed by atoms with van der Waals surface area (Å²) in [6.45, 7) is 2.07. The van der Waals surface area contributed by atoms with Gasteiger partial charge in [0.05, 0.1) is 17.1 Å². The van der Waals surface area contributed by atoms with Gasteiger partial charge in [0.2, 0.25) is 10.0 Å². The van der Waals surface area contributed by atoms with Gasteiger partial charge in [0.1, 0.15) is 6.26 Å². The van der Waals surface area contributed by atoms with E-state index in [2.05, 4.69) is 10.5 Å². The second-order valence-corrected chi connectivity index (χ2v) is 8.59. The Morgan fingerprint density at radius 2 is 2.07 bits per heavy atom. The van der Waals surface area contributed by atoms with Crippen LogP contribution in [0.2, 0.25) is 0 Å². The molecule has 2 aromatic rings. The van der Waals surface area contributed by atoms with Gasteiger partial charge < -0.3 is 14.6 Å². The summed E-state index contributed by atoms with van der Waals surface area (Å²) in [7, 11) is -2.29. The highest BCUT2D eigenvalue weighted by Crippen LogP contribution is 2.18. The second-order valence-electron chi connectivity index (χ2n) is 6.55. The molecule has 1 aromatic carbocycles. The predicted molar refractivity (Wildman–Crippen MR) is 97.5 cm³/mol. The first-order chi connectivity index (χ1) is 13.0. The Bertz CT molecular complexity index is 861. The fourth-order valence-corrected chi connectivity index (χ4v) is 4.09. The van der Waals surface area contributed by atoms with Gasteiger partial charge >= 0.3 is 0 Å². The van der Waals surface area contributed by atoms with E-state index < -0.39 is 10.0 Å². The van der Waals surface area contributed by atoms with Crippen molar-refractivity contribution in [3.05, 3.63) is 47.9 Å². The van der Waals surface area contributed by atoms with Gasteiger partial charge in [0, 0.05) is 38.4 Å². The van der Waals surface area contributed by atoms with Gasteiger partial charge in [-0.2, -0.15) is 4.31 Å². The number of aromatic nitrogens is 1. The average molecular weight is 393 g/mol. The van der Waals surface area contributed by atoms with Crippen LogP contribution in [0.1, 0.15) is 28.9 Å². The predicted octanol–water partition coefficient (Wildman–Crippen LogP) is 1.65. The lowest BCUT2D eigenvalue weighted by Gasteiger charge is -2.22. The summed E-state index contributed by atoms with van der Waals surface area (Å²) in [4.78, 5) is 12.5. The smallest absolute Gasteiger partial charge is 0.251 e. The van der Waals surface area contributed by atoms with Crippen LogP contribution in [-0.4, -0.2) is 50.6 Å². The number of carbonyl (C=O) groups excluding carboxylic acids is 1. The zero-order valence-electron chi connectivity index (χ0n) is 15.1. The van der Waals surface area contributed by atoms with Crippen molar-refractivity contribution in [3.8, 4) is 0 Å². The summed E-state index contributed by atoms with van der Waals surface area (Å²) < 4.78 is 36.7. The van der Waals surface area contributed by atoms with Crippen molar-refractivity contribution in [1.82, 2.24) is 14.8 Å². The molecular weight excluding hydrogens is 370 g/mol. The molecule has 0 atom stereocenters. The molecule has 0 unspecified atom stereocenters. The van der Waals surface area contributed by atoms with Crippen LogP contribution in [0.15, 0.2) is 46.0 Å².